The van der Waals surface area contributed by atoms with Crippen LogP contribution in [0.25, 0.3) is 0 Å². The summed E-state index contributed by atoms with van der Waals surface area (Å²) in [5, 5.41) is 8.81. The maximum atomic E-state index is 13.9. The number of carbonyl (C=O) groups is 1. The zero-order chi connectivity index (χ0) is 16.7. The molecule has 0 unspecified atom stereocenters. The van der Waals surface area contributed by atoms with Gasteiger partial charge in [-0.05, 0) is 43.7 Å². The maximum absolute atomic E-state index is 13.9. The molecule has 4 heteroatoms. The highest BCUT2D eigenvalue weighted by atomic mass is 19.1. The number of hydrogen-bond donors (Lipinski definition) is 0. The number of hydrogen-bond acceptors (Lipinski definition) is 3. The molecule has 0 saturated heterocycles. The molecule has 0 aliphatic heterocycles. The van der Waals surface area contributed by atoms with Gasteiger partial charge in [-0.3, -0.25) is 4.79 Å². The Balaban J connectivity index is 1.85. The lowest BCUT2D eigenvalue weighted by molar-refractivity contribution is -0.140. The number of unbranched alkanes of at least 4 members (excludes halogenated alkanes) is 2. The van der Waals surface area contributed by atoms with Gasteiger partial charge < -0.3 is 4.74 Å². The van der Waals surface area contributed by atoms with Crippen LogP contribution < -0.4 is 4.74 Å². The molecule has 0 spiro atoms. The van der Waals surface area contributed by atoms with Crippen molar-refractivity contribution in [2.75, 3.05) is 0 Å². The molecule has 1 aromatic rings. The van der Waals surface area contributed by atoms with E-state index in [-0.39, 0.29) is 23.2 Å². The Kier molecular flexibility index (Phi) is 6.58. The maximum Gasteiger partial charge on any atom is 0.314 e. The van der Waals surface area contributed by atoms with Crippen LogP contribution in [0.5, 0.6) is 5.75 Å². The lowest BCUT2D eigenvalue weighted by Gasteiger charge is -2.27. The number of nitriles is 1. The molecule has 1 aliphatic rings. The van der Waals surface area contributed by atoms with Crippen molar-refractivity contribution in [3.8, 4) is 11.8 Å². The van der Waals surface area contributed by atoms with E-state index >= 15 is 0 Å². The largest absolute Gasteiger partial charge is 0.423 e. The summed E-state index contributed by atoms with van der Waals surface area (Å²) in [5.41, 5.74) is -0.102. The van der Waals surface area contributed by atoms with Crippen LogP contribution in [0.15, 0.2) is 18.2 Å². The van der Waals surface area contributed by atoms with Crippen LogP contribution >= 0.6 is 0 Å². The van der Waals surface area contributed by atoms with Gasteiger partial charge in [-0.1, -0.05) is 38.7 Å². The molecule has 1 fully saturated rings. The van der Waals surface area contributed by atoms with Crippen molar-refractivity contribution in [1.82, 2.24) is 0 Å². The van der Waals surface area contributed by atoms with Gasteiger partial charge in [0.2, 0.25) is 0 Å². The van der Waals surface area contributed by atoms with Gasteiger partial charge in [0, 0.05) is 0 Å². The molecule has 124 valence electrons. The fourth-order valence-electron chi connectivity index (χ4n) is 3.24. The van der Waals surface area contributed by atoms with Gasteiger partial charge in [0.1, 0.15) is 6.07 Å². The number of ether oxygens (including phenoxy) is 1. The first-order valence-corrected chi connectivity index (χ1v) is 8.56. The van der Waals surface area contributed by atoms with Gasteiger partial charge in [-0.15, -0.1) is 0 Å². The molecule has 0 radical (unpaired) electrons. The van der Waals surface area contributed by atoms with E-state index in [1.165, 1.54) is 43.9 Å². The first-order valence-electron chi connectivity index (χ1n) is 8.56. The fraction of sp³-hybridized carbons (Fsp3) is 0.579. The normalized spacial score (nSPS) is 20.7. The van der Waals surface area contributed by atoms with Crippen molar-refractivity contribution < 1.29 is 13.9 Å². The van der Waals surface area contributed by atoms with E-state index in [4.69, 9.17) is 10.00 Å². The molecule has 0 heterocycles. The Morgan fingerprint density at radius 1 is 1.30 bits per heavy atom. The summed E-state index contributed by atoms with van der Waals surface area (Å²) in [5.74, 6) is -0.700. The number of esters is 1. The Morgan fingerprint density at radius 2 is 2.04 bits per heavy atom. The molecule has 0 amide bonds. The predicted molar refractivity (Wildman–Crippen MR) is 86.3 cm³/mol. The Labute approximate surface area is 137 Å². The van der Waals surface area contributed by atoms with Crippen molar-refractivity contribution in [1.29, 1.82) is 5.26 Å². The highest BCUT2D eigenvalue weighted by molar-refractivity contribution is 5.75. The lowest BCUT2D eigenvalue weighted by atomic mass is 9.80. The highest BCUT2D eigenvalue weighted by Gasteiger charge is 2.28. The third-order valence-electron chi connectivity index (χ3n) is 4.69. The first kappa shape index (κ1) is 17.5. The fourth-order valence-corrected chi connectivity index (χ4v) is 3.24. The van der Waals surface area contributed by atoms with Gasteiger partial charge in [0.25, 0.3) is 0 Å². The number of carbonyl (C=O) groups excluding carboxylic acids is 1. The Morgan fingerprint density at radius 3 is 2.70 bits per heavy atom. The van der Waals surface area contributed by atoms with Crippen LogP contribution in [0.2, 0.25) is 0 Å². The number of rotatable bonds is 6. The SMILES string of the molecule is CCCCC[C@H]1CC[C@H](C(=O)Oc2cccc(C#N)c2F)CC1. The summed E-state index contributed by atoms with van der Waals surface area (Å²) in [6.45, 7) is 2.20. The van der Waals surface area contributed by atoms with Crippen LogP contribution in [-0.2, 0) is 4.79 Å². The molecule has 1 aromatic carbocycles. The minimum atomic E-state index is -0.753. The molecule has 0 atom stereocenters. The topological polar surface area (TPSA) is 50.1 Å². The molecule has 0 bridgehead atoms. The van der Waals surface area contributed by atoms with Gasteiger partial charge in [-0.2, -0.15) is 5.26 Å². The van der Waals surface area contributed by atoms with E-state index in [9.17, 15) is 9.18 Å². The predicted octanol–water partition coefficient (Wildman–Crippen LogP) is 4.99. The quantitative estimate of drug-likeness (QED) is 0.422. The van der Waals surface area contributed by atoms with Crippen LogP contribution in [0.1, 0.15) is 63.9 Å². The molecule has 0 N–H and O–H groups in total. The molecule has 1 aliphatic carbocycles. The van der Waals surface area contributed by atoms with Crippen molar-refractivity contribution in [3.05, 3.63) is 29.6 Å². The second-order valence-electron chi connectivity index (χ2n) is 6.36. The lowest BCUT2D eigenvalue weighted by Crippen LogP contribution is -2.26. The standard InChI is InChI=1S/C19H24FNO2/c1-2-3-4-6-14-9-11-15(12-10-14)19(22)23-17-8-5-7-16(13-21)18(17)20/h5,7-8,14-15H,2-4,6,9-12H2,1H3/t14-,15-. The van der Waals surface area contributed by atoms with E-state index in [2.05, 4.69) is 6.92 Å². The minimum absolute atomic E-state index is 0.102. The van der Waals surface area contributed by atoms with E-state index < -0.39 is 5.82 Å². The van der Waals surface area contributed by atoms with E-state index in [0.717, 1.165) is 25.7 Å². The number of benzene rings is 1. The second kappa shape index (κ2) is 8.67. The van der Waals surface area contributed by atoms with Crippen LogP contribution in [-0.4, -0.2) is 5.97 Å². The summed E-state index contributed by atoms with van der Waals surface area (Å²) in [4.78, 5) is 12.2. The zero-order valence-corrected chi connectivity index (χ0v) is 13.7. The molecule has 3 nitrogen and oxygen atoms in total. The summed E-state index contributed by atoms with van der Waals surface area (Å²) < 4.78 is 19.1. The van der Waals surface area contributed by atoms with Crippen molar-refractivity contribution in [2.24, 2.45) is 11.8 Å². The number of halogens is 1. The average molecular weight is 317 g/mol. The van der Waals surface area contributed by atoms with Crippen LogP contribution in [0.4, 0.5) is 4.39 Å². The van der Waals surface area contributed by atoms with Crippen LogP contribution in [0.3, 0.4) is 0 Å². The van der Waals surface area contributed by atoms with E-state index in [1.54, 1.807) is 6.07 Å². The van der Waals surface area contributed by atoms with Crippen molar-refractivity contribution in [2.45, 2.75) is 58.3 Å². The summed E-state index contributed by atoms with van der Waals surface area (Å²) in [6, 6.07) is 6.04. The molecule has 0 aromatic heterocycles. The van der Waals surface area contributed by atoms with Gasteiger partial charge >= 0.3 is 5.97 Å². The first-order chi connectivity index (χ1) is 11.2. The Bertz CT molecular complexity index is 571. The van der Waals surface area contributed by atoms with E-state index in [1.807, 2.05) is 0 Å². The molecule has 23 heavy (non-hydrogen) atoms. The molecular formula is C19H24FNO2. The second-order valence-corrected chi connectivity index (χ2v) is 6.36. The zero-order valence-electron chi connectivity index (χ0n) is 13.7. The molecular weight excluding hydrogens is 293 g/mol. The smallest absolute Gasteiger partial charge is 0.314 e. The summed E-state index contributed by atoms with van der Waals surface area (Å²) >= 11 is 0. The summed E-state index contributed by atoms with van der Waals surface area (Å²) in [6.07, 6.45) is 8.74. The van der Waals surface area contributed by atoms with Crippen LogP contribution in [0, 0.1) is 29.0 Å². The van der Waals surface area contributed by atoms with E-state index in [0.29, 0.717) is 5.92 Å². The monoisotopic (exact) mass is 317 g/mol. The number of nitrogens with zero attached hydrogens (tertiary/aromatic N) is 1. The third kappa shape index (κ3) is 4.79. The van der Waals surface area contributed by atoms with Gasteiger partial charge in [0.15, 0.2) is 11.6 Å². The minimum Gasteiger partial charge on any atom is -0.423 e. The summed E-state index contributed by atoms with van der Waals surface area (Å²) in [7, 11) is 0. The molecule has 1 saturated carbocycles. The van der Waals surface area contributed by atoms with Gasteiger partial charge in [-0.25, -0.2) is 4.39 Å². The third-order valence-corrected chi connectivity index (χ3v) is 4.69. The van der Waals surface area contributed by atoms with Crippen molar-refractivity contribution >= 4 is 5.97 Å². The molecule has 2 rings (SSSR count). The highest BCUT2D eigenvalue weighted by Crippen LogP contribution is 2.33. The van der Waals surface area contributed by atoms with Gasteiger partial charge in [0.05, 0.1) is 11.5 Å². The Hall–Kier alpha value is -1.89. The van der Waals surface area contributed by atoms with Crippen molar-refractivity contribution in [3.63, 3.8) is 0 Å². The average Bonchev–Trinajstić information content (AvgIpc) is 2.57.